The maximum atomic E-state index is 13.2. The molecular formula is C14H22FNO2S. The second-order valence-corrected chi connectivity index (χ2v) is 7.69. The Bertz CT molecular complexity index is 500. The molecule has 0 bridgehead atoms. The summed E-state index contributed by atoms with van der Waals surface area (Å²) in [4.78, 5) is 0. The Morgan fingerprint density at radius 3 is 2.53 bits per heavy atom. The van der Waals surface area contributed by atoms with E-state index in [1.165, 1.54) is 12.1 Å². The van der Waals surface area contributed by atoms with Crippen LogP contribution in [0, 0.1) is 5.82 Å². The summed E-state index contributed by atoms with van der Waals surface area (Å²) in [5, 5.41) is 2.67. The Morgan fingerprint density at radius 1 is 1.32 bits per heavy atom. The van der Waals surface area contributed by atoms with Crippen molar-refractivity contribution in [2.75, 3.05) is 19.3 Å². The zero-order valence-electron chi connectivity index (χ0n) is 11.7. The fourth-order valence-corrected chi connectivity index (χ4v) is 3.02. The minimum absolute atomic E-state index is 0.00854. The molecule has 0 heterocycles. The first-order valence-corrected chi connectivity index (χ1v) is 8.20. The standard InChI is InChI=1S/C14H22FNO2S/c1-11(2)19(17,18)8-7-13(10-16-3)12-5-4-6-14(15)9-12/h4-6,9,11,13,16H,7-8,10H2,1-3H3. The van der Waals surface area contributed by atoms with Gasteiger partial charge in [-0.1, -0.05) is 12.1 Å². The van der Waals surface area contributed by atoms with E-state index in [9.17, 15) is 12.8 Å². The molecule has 0 saturated heterocycles. The molecule has 5 heteroatoms. The Labute approximate surface area is 115 Å². The molecule has 1 unspecified atom stereocenters. The zero-order chi connectivity index (χ0) is 14.5. The summed E-state index contributed by atoms with van der Waals surface area (Å²) in [5.74, 6) is -0.146. The topological polar surface area (TPSA) is 46.2 Å². The highest BCUT2D eigenvalue weighted by molar-refractivity contribution is 7.91. The van der Waals surface area contributed by atoms with Crippen LogP contribution in [0.15, 0.2) is 24.3 Å². The van der Waals surface area contributed by atoms with Gasteiger partial charge >= 0.3 is 0 Å². The number of rotatable bonds is 7. The monoisotopic (exact) mass is 287 g/mol. The van der Waals surface area contributed by atoms with Crippen molar-refractivity contribution >= 4 is 9.84 Å². The molecule has 0 amide bonds. The molecule has 1 aromatic carbocycles. The number of sulfone groups is 1. The van der Waals surface area contributed by atoms with E-state index < -0.39 is 9.84 Å². The van der Waals surface area contributed by atoms with Crippen molar-refractivity contribution in [3.63, 3.8) is 0 Å². The third-order valence-corrected chi connectivity index (χ3v) is 5.48. The largest absolute Gasteiger partial charge is 0.319 e. The average Bonchev–Trinajstić information content (AvgIpc) is 2.34. The summed E-state index contributed by atoms with van der Waals surface area (Å²) in [6.45, 7) is 4.01. The van der Waals surface area contributed by atoms with E-state index in [4.69, 9.17) is 0 Å². The van der Waals surface area contributed by atoms with Crippen molar-refractivity contribution in [3.05, 3.63) is 35.6 Å². The van der Waals surface area contributed by atoms with Crippen LogP contribution in [0.2, 0.25) is 0 Å². The number of halogens is 1. The van der Waals surface area contributed by atoms with Gasteiger partial charge in [0.15, 0.2) is 9.84 Å². The molecule has 1 aromatic rings. The molecule has 0 aliphatic carbocycles. The van der Waals surface area contributed by atoms with Crippen LogP contribution in [-0.2, 0) is 9.84 Å². The van der Waals surface area contributed by atoms with E-state index in [1.54, 1.807) is 19.9 Å². The molecule has 108 valence electrons. The van der Waals surface area contributed by atoms with Gasteiger partial charge in [0.05, 0.1) is 11.0 Å². The summed E-state index contributed by atoms with van der Waals surface area (Å²) in [6.07, 6.45) is 0.505. The second kappa shape index (κ2) is 7.01. The fourth-order valence-electron chi connectivity index (χ4n) is 1.94. The van der Waals surface area contributed by atoms with Crippen LogP contribution in [0.4, 0.5) is 4.39 Å². The van der Waals surface area contributed by atoms with Crippen LogP contribution in [0.3, 0.4) is 0 Å². The van der Waals surface area contributed by atoms with E-state index in [2.05, 4.69) is 5.32 Å². The highest BCUT2D eigenvalue weighted by Gasteiger charge is 2.20. The highest BCUT2D eigenvalue weighted by Crippen LogP contribution is 2.21. The average molecular weight is 287 g/mol. The molecule has 0 radical (unpaired) electrons. The summed E-state index contributed by atoms with van der Waals surface area (Å²) < 4.78 is 36.9. The molecule has 0 saturated carbocycles. The molecular weight excluding hydrogens is 265 g/mol. The van der Waals surface area contributed by atoms with Gasteiger partial charge in [-0.15, -0.1) is 0 Å². The molecule has 0 aromatic heterocycles. The van der Waals surface area contributed by atoms with E-state index in [0.717, 1.165) is 5.56 Å². The van der Waals surface area contributed by atoms with Gasteiger partial charge in [-0.3, -0.25) is 0 Å². The van der Waals surface area contributed by atoms with Crippen LogP contribution in [0.25, 0.3) is 0 Å². The van der Waals surface area contributed by atoms with Gasteiger partial charge in [0.25, 0.3) is 0 Å². The van der Waals surface area contributed by atoms with Crippen LogP contribution in [0.5, 0.6) is 0 Å². The minimum Gasteiger partial charge on any atom is -0.319 e. The lowest BCUT2D eigenvalue weighted by molar-refractivity contribution is 0.564. The van der Waals surface area contributed by atoms with Crippen molar-refractivity contribution in [3.8, 4) is 0 Å². The zero-order valence-corrected chi connectivity index (χ0v) is 12.5. The van der Waals surface area contributed by atoms with E-state index in [0.29, 0.717) is 13.0 Å². The number of nitrogens with one attached hydrogen (secondary N) is 1. The fraction of sp³-hybridized carbons (Fsp3) is 0.571. The molecule has 0 aliphatic heterocycles. The minimum atomic E-state index is -3.05. The molecule has 1 rings (SSSR count). The first-order chi connectivity index (χ1) is 8.86. The van der Waals surface area contributed by atoms with Crippen LogP contribution < -0.4 is 5.32 Å². The van der Waals surface area contributed by atoms with Crippen LogP contribution >= 0.6 is 0 Å². The Hall–Kier alpha value is -0.940. The smallest absolute Gasteiger partial charge is 0.152 e. The van der Waals surface area contributed by atoms with Crippen molar-refractivity contribution in [1.82, 2.24) is 5.32 Å². The van der Waals surface area contributed by atoms with Gasteiger partial charge in [0, 0.05) is 6.54 Å². The lowest BCUT2D eigenvalue weighted by atomic mass is 9.96. The first-order valence-electron chi connectivity index (χ1n) is 6.48. The van der Waals surface area contributed by atoms with Gasteiger partial charge in [-0.2, -0.15) is 0 Å². The molecule has 1 atom stereocenters. The molecule has 0 fully saturated rings. The summed E-state index contributed by atoms with van der Waals surface area (Å²) >= 11 is 0. The first kappa shape index (κ1) is 16.1. The van der Waals surface area contributed by atoms with Crippen molar-refractivity contribution in [2.24, 2.45) is 0 Å². The molecule has 0 spiro atoms. The predicted molar refractivity (Wildman–Crippen MR) is 76.6 cm³/mol. The van der Waals surface area contributed by atoms with Gasteiger partial charge in [-0.25, -0.2) is 12.8 Å². The third-order valence-electron chi connectivity index (χ3n) is 3.24. The summed E-state index contributed by atoms with van der Waals surface area (Å²) in [6, 6.07) is 6.37. The van der Waals surface area contributed by atoms with Gasteiger partial charge in [0.2, 0.25) is 0 Å². The third kappa shape index (κ3) is 4.91. The Kier molecular flexibility index (Phi) is 5.94. The second-order valence-electron chi connectivity index (χ2n) is 5.01. The summed E-state index contributed by atoms with van der Waals surface area (Å²) in [5.41, 5.74) is 0.841. The normalized spacial score (nSPS) is 13.7. The van der Waals surface area contributed by atoms with Crippen molar-refractivity contribution < 1.29 is 12.8 Å². The number of hydrogen-bond donors (Lipinski definition) is 1. The quantitative estimate of drug-likeness (QED) is 0.837. The number of likely N-dealkylation sites (N-methyl/N-ethyl adjacent to an activating group) is 1. The maximum absolute atomic E-state index is 13.2. The van der Waals surface area contributed by atoms with E-state index in [1.807, 2.05) is 13.1 Å². The number of benzene rings is 1. The Morgan fingerprint density at radius 2 is 2.00 bits per heavy atom. The SMILES string of the molecule is CNCC(CCS(=O)(=O)C(C)C)c1cccc(F)c1. The van der Waals surface area contributed by atoms with Crippen molar-refractivity contribution in [1.29, 1.82) is 0 Å². The van der Waals surface area contributed by atoms with E-state index in [-0.39, 0.29) is 22.7 Å². The predicted octanol–water partition coefficient (Wildman–Crippen LogP) is 2.34. The maximum Gasteiger partial charge on any atom is 0.152 e. The lowest BCUT2D eigenvalue weighted by Crippen LogP contribution is -2.23. The lowest BCUT2D eigenvalue weighted by Gasteiger charge is -2.18. The molecule has 0 aliphatic rings. The molecule has 19 heavy (non-hydrogen) atoms. The summed E-state index contributed by atoms with van der Waals surface area (Å²) in [7, 11) is -1.24. The highest BCUT2D eigenvalue weighted by atomic mass is 32.2. The Balaban J connectivity index is 2.79. The van der Waals surface area contributed by atoms with Gasteiger partial charge < -0.3 is 5.32 Å². The van der Waals surface area contributed by atoms with Gasteiger partial charge in [-0.05, 0) is 50.9 Å². The van der Waals surface area contributed by atoms with Gasteiger partial charge in [0.1, 0.15) is 5.82 Å². The number of hydrogen-bond acceptors (Lipinski definition) is 3. The van der Waals surface area contributed by atoms with Crippen molar-refractivity contribution in [2.45, 2.75) is 31.4 Å². The molecule has 1 N–H and O–H groups in total. The molecule has 3 nitrogen and oxygen atoms in total. The van der Waals surface area contributed by atoms with Crippen LogP contribution in [0.1, 0.15) is 31.7 Å². The van der Waals surface area contributed by atoms with E-state index >= 15 is 0 Å². The van der Waals surface area contributed by atoms with Crippen LogP contribution in [-0.4, -0.2) is 33.0 Å².